The first kappa shape index (κ1) is 23.5. The van der Waals surface area contributed by atoms with E-state index in [1.807, 2.05) is 0 Å². The maximum atomic E-state index is 2.26. The van der Waals surface area contributed by atoms with Crippen LogP contribution in [-0.2, 0) is 25.7 Å². The summed E-state index contributed by atoms with van der Waals surface area (Å²) in [6.07, 6.45) is 9.34. The molecule has 4 rings (SSSR count). The van der Waals surface area contributed by atoms with Crippen LogP contribution in [-0.4, -0.2) is 0 Å². The Morgan fingerprint density at radius 3 is 0.926 bits per heavy atom. The maximum absolute atomic E-state index is 2.26. The molecule has 0 amide bonds. The largest absolute Gasteiger partial charge is 0.0630 e. The smallest absolute Gasteiger partial charge is 0.0273 e. The number of hydrogen-bond donors (Lipinski definition) is 0. The number of hydrogen-bond acceptors (Lipinski definition) is 0. The van der Waals surface area contributed by atoms with Crippen molar-refractivity contribution in [3.63, 3.8) is 0 Å². The fraction of sp³-hybridized carbons (Fsp3) is 0.556. The van der Waals surface area contributed by atoms with Crippen LogP contribution in [0, 0.1) is 11.8 Å². The van der Waals surface area contributed by atoms with E-state index in [0.29, 0.717) is 0 Å². The molecule has 2 aliphatic carbocycles. The Balaban J connectivity index is 0.000000198. The molecular formula is C27H42. The van der Waals surface area contributed by atoms with Crippen molar-refractivity contribution in [3.05, 3.63) is 70.8 Å². The summed E-state index contributed by atoms with van der Waals surface area (Å²) in [6, 6.07) is 17.5. The van der Waals surface area contributed by atoms with Gasteiger partial charge < -0.3 is 0 Å². The molecule has 2 aliphatic rings. The van der Waals surface area contributed by atoms with Gasteiger partial charge in [0.15, 0.2) is 0 Å². The van der Waals surface area contributed by atoms with Gasteiger partial charge in [-0.15, -0.1) is 0 Å². The van der Waals surface area contributed by atoms with Crippen molar-refractivity contribution in [2.75, 3.05) is 0 Å². The van der Waals surface area contributed by atoms with Gasteiger partial charge in [-0.2, -0.15) is 0 Å². The predicted octanol–water partition coefficient (Wildman–Crippen LogP) is 8.07. The van der Waals surface area contributed by atoms with Crippen LogP contribution < -0.4 is 0 Å². The molecule has 2 aromatic rings. The average Bonchev–Trinajstić information content (AvgIpc) is 3.10. The first-order valence-electron chi connectivity index (χ1n) is 11.0. The van der Waals surface area contributed by atoms with Crippen LogP contribution in [0.2, 0.25) is 0 Å². The number of rotatable bonds is 0. The van der Waals surface area contributed by atoms with Gasteiger partial charge in [0.05, 0.1) is 0 Å². The topological polar surface area (TPSA) is 0 Å². The Hall–Kier alpha value is -1.56. The summed E-state index contributed by atoms with van der Waals surface area (Å²) in [6.45, 7) is 13.0. The monoisotopic (exact) mass is 366 g/mol. The molecule has 0 fully saturated rings. The Bertz CT molecular complexity index is 562. The average molecular weight is 367 g/mol. The lowest BCUT2D eigenvalue weighted by Crippen LogP contribution is -2.00. The summed E-state index contributed by atoms with van der Waals surface area (Å²) in [5.74, 6) is 1.67. The normalized spacial score (nSPS) is 13.9. The molecule has 150 valence electrons. The Morgan fingerprint density at radius 2 is 0.667 bits per heavy atom. The van der Waals surface area contributed by atoms with Gasteiger partial charge in [-0.1, -0.05) is 90.1 Å². The lowest BCUT2D eigenvalue weighted by Gasteiger charge is -2.13. The van der Waals surface area contributed by atoms with E-state index in [4.69, 9.17) is 0 Å². The third kappa shape index (κ3) is 11.0. The summed E-state index contributed by atoms with van der Waals surface area (Å²) in [4.78, 5) is 0. The summed E-state index contributed by atoms with van der Waals surface area (Å²) < 4.78 is 0. The molecule has 0 heteroatoms. The summed E-state index contributed by atoms with van der Waals surface area (Å²) in [5, 5.41) is 0. The minimum atomic E-state index is 0.833. The van der Waals surface area contributed by atoms with Crippen LogP contribution in [0.4, 0.5) is 0 Å². The van der Waals surface area contributed by atoms with Crippen molar-refractivity contribution in [2.45, 2.75) is 86.5 Å². The minimum absolute atomic E-state index is 0.833. The van der Waals surface area contributed by atoms with Crippen LogP contribution in [0.25, 0.3) is 0 Å². The number of fused-ring (bicyclic) bond motifs is 2. The molecule has 27 heavy (non-hydrogen) atoms. The first-order valence-corrected chi connectivity index (χ1v) is 11.0. The highest BCUT2D eigenvalue weighted by Gasteiger charge is 2.07. The van der Waals surface area contributed by atoms with Crippen molar-refractivity contribution in [1.82, 2.24) is 0 Å². The summed E-state index contributed by atoms with van der Waals surface area (Å²) in [7, 11) is 0. The molecular weight excluding hydrogens is 324 g/mol. The minimum Gasteiger partial charge on any atom is -0.0630 e. The molecule has 0 spiro atoms. The highest BCUT2D eigenvalue weighted by Crippen LogP contribution is 2.20. The van der Waals surface area contributed by atoms with Crippen LogP contribution in [0.5, 0.6) is 0 Å². The standard InChI is InChI=1S/C10H12.C9H10.2C4H10/c1-2-6-10-8-4-3-7-9(10)5-1;1-2-5-9-7-3-6-8(9)4-1;2*1-4(2)3/h1-2,5-6H,3-4,7-8H2;1-2,4-5H,3,6-7H2;2*4H,1-3H3. The van der Waals surface area contributed by atoms with E-state index in [9.17, 15) is 0 Å². The van der Waals surface area contributed by atoms with Crippen LogP contribution in [0.15, 0.2) is 48.5 Å². The fourth-order valence-corrected chi connectivity index (χ4v) is 3.19. The zero-order chi connectivity index (χ0) is 20.1. The molecule has 0 aromatic heterocycles. The lowest BCUT2D eigenvalue weighted by atomic mass is 9.92. The van der Waals surface area contributed by atoms with E-state index < -0.39 is 0 Å². The molecule has 0 unspecified atom stereocenters. The Morgan fingerprint density at radius 1 is 0.444 bits per heavy atom. The van der Waals surface area contributed by atoms with E-state index in [1.54, 1.807) is 22.3 Å². The second-order valence-corrected chi connectivity index (χ2v) is 9.06. The van der Waals surface area contributed by atoms with Gasteiger partial charge in [-0.3, -0.25) is 0 Å². The van der Waals surface area contributed by atoms with Gasteiger partial charge in [-0.05, 0) is 79.0 Å². The third-order valence-corrected chi connectivity index (χ3v) is 4.27. The zero-order valence-corrected chi connectivity index (χ0v) is 18.7. The Kier molecular flexibility index (Phi) is 11.8. The molecule has 0 saturated heterocycles. The summed E-state index contributed by atoms with van der Waals surface area (Å²) in [5.41, 5.74) is 6.29. The second kappa shape index (κ2) is 13.6. The molecule has 2 aromatic carbocycles. The zero-order valence-electron chi connectivity index (χ0n) is 18.7. The highest BCUT2D eigenvalue weighted by atomic mass is 14.1. The quantitative estimate of drug-likeness (QED) is 0.442. The van der Waals surface area contributed by atoms with E-state index in [-0.39, 0.29) is 0 Å². The number of aryl methyl sites for hydroxylation is 4. The maximum Gasteiger partial charge on any atom is -0.0273 e. The number of benzene rings is 2. The second-order valence-electron chi connectivity index (χ2n) is 9.06. The molecule has 0 N–H and O–H groups in total. The molecule has 0 heterocycles. The molecule has 0 radical (unpaired) electrons. The van der Waals surface area contributed by atoms with Crippen LogP contribution >= 0.6 is 0 Å². The molecule has 0 bridgehead atoms. The van der Waals surface area contributed by atoms with Crippen molar-refractivity contribution in [1.29, 1.82) is 0 Å². The van der Waals surface area contributed by atoms with Crippen molar-refractivity contribution in [2.24, 2.45) is 11.8 Å². The van der Waals surface area contributed by atoms with Crippen molar-refractivity contribution >= 4 is 0 Å². The van der Waals surface area contributed by atoms with E-state index >= 15 is 0 Å². The Labute approximate surface area is 169 Å². The van der Waals surface area contributed by atoms with Gasteiger partial charge in [0, 0.05) is 0 Å². The van der Waals surface area contributed by atoms with E-state index in [2.05, 4.69) is 90.1 Å². The van der Waals surface area contributed by atoms with Gasteiger partial charge in [0.2, 0.25) is 0 Å². The summed E-state index contributed by atoms with van der Waals surface area (Å²) >= 11 is 0. The van der Waals surface area contributed by atoms with Crippen LogP contribution in [0.3, 0.4) is 0 Å². The van der Waals surface area contributed by atoms with Gasteiger partial charge in [-0.25, -0.2) is 0 Å². The van der Waals surface area contributed by atoms with Gasteiger partial charge in [0.25, 0.3) is 0 Å². The van der Waals surface area contributed by atoms with Crippen LogP contribution in [0.1, 0.15) is 83.1 Å². The first-order chi connectivity index (χ1) is 12.9. The van der Waals surface area contributed by atoms with E-state index in [0.717, 1.165) is 11.8 Å². The highest BCUT2D eigenvalue weighted by molar-refractivity contribution is 5.30. The molecule has 0 aliphatic heterocycles. The predicted molar refractivity (Wildman–Crippen MR) is 123 cm³/mol. The third-order valence-electron chi connectivity index (χ3n) is 4.27. The lowest BCUT2D eigenvalue weighted by molar-refractivity contribution is 0.685. The SMILES string of the molecule is CC(C)C.CC(C)C.c1ccc2c(c1)CCC2.c1ccc2c(c1)CCCC2. The van der Waals surface area contributed by atoms with E-state index in [1.165, 1.54) is 44.9 Å². The molecule has 0 nitrogen and oxygen atoms in total. The van der Waals surface area contributed by atoms with Crippen molar-refractivity contribution < 1.29 is 0 Å². The van der Waals surface area contributed by atoms with Gasteiger partial charge >= 0.3 is 0 Å². The molecule has 0 atom stereocenters. The molecule has 0 saturated carbocycles. The van der Waals surface area contributed by atoms with Gasteiger partial charge in [0.1, 0.15) is 0 Å². The fourth-order valence-electron chi connectivity index (χ4n) is 3.19. The van der Waals surface area contributed by atoms with Crippen molar-refractivity contribution in [3.8, 4) is 0 Å².